The molecule has 2 aromatic rings. The standard InChI is InChI=1S/C18H16O2P2/c19-21(15-8-3-1-4-9-15)17-12-7-13-18(14-17)22(20)16-10-5-2-6-11-16/h1-12H,13-14H2. The van der Waals surface area contributed by atoms with Gasteiger partial charge in [0.2, 0.25) is 0 Å². The fraction of sp³-hybridized carbons (Fsp3) is 0.111. The van der Waals surface area contributed by atoms with Crippen LogP contribution < -0.4 is 20.4 Å². The molecule has 0 fully saturated rings. The summed E-state index contributed by atoms with van der Waals surface area (Å²) in [4.78, 5) is 25.3. The van der Waals surface area contributed by atoms with Crippen LogP contribution in [0.5, 0.6) is 0 Å². The van der Waals surface area contributed by atoms with Gasteiger partial charge in [0, 0.05) is 6.42 Å². The van der Waals surface area contributed by atoms with Gasteiger partial charge in [-0.15, -0.1) is 0 Å². The lowest BCUT2D eigenvalue weighted by atomic mass is 10.1. The molecule has 1 aliphatic carbocycles. The zero-order valence-corrected chi connectivity index (χ0v) is 13.8. The van der Waals surface area contributed by atoms with E-state index in [2.05, 4.69) is 0 Å². The summed E-state index contributed by atoms with van der Waals surface area (Å²) in [5.74, 6) is 0. The lowest BCUT2D eigenvalue weighted by Crippen LogP contribution is -2.19. The van der Waals surface area contributed by atoms with Gasteiger partial charge in [0.25, 0.3) is 0 Å². The number of hydrogen-bond donors (Lipinski definition) is 0. The molecule has 2 unspecified atom stereocenters. The Kier molecular flexibility index (Phi) is 4.97. The van der Waals surface area contributed by atoms with Gasteiger partial charge in [-0.05, 0) is 30.3 Å². The first-order valence-electron chi connectivity index (χ1n) is 7.17. The second-order valence-corrected chi connectivity index (χ2v) is 8.52. The Morgan fingerprint density at radius 1 is 0.727 bits per heavy atom. The minimum atomic E-state index is -1.58. The van der Waals surface area contributed by atoms with Crippen molar-refractivity contribution in [2.24, 2.45) is 0 Å². The SMILES string of the molecule is [O-]/[P+](=C1\C=CC/C(=[P+](/[O-])c2ccccc2)C1)c1ccccc1. The summed E-state index contributed by atoms with van der Waals surface area (Å²) in [5, 5.41) is 3.49. The third kappa shape index (κ3) is 3.43. The molecule has 0 amide bonds. The summed E-state index contributed by atoms with van der Waals surface area (Å²) in [6, 6.07) is 19.0. The van der Waals surface area contributed by atoms with E-state index >= 15 is 0 Å². The van der Waals surface area contributed by atoms with Gasteiger partial charge in [-0.2, -0.15) is 0 Å². The van der Waals surface area contributed by atoms with Crippen LogP contribution in [0.4, 0.5) is 0 Å². The van der Waals surface area contributed by atoms with Crippen LogP contribution in [0.3, 0.4) is 0 Å². The van der Waals surface area contributed by atoms with Gasteiger partial charge in [-0.1, -0.05) is 42.5 Å². The molecule has 3 rings (SSSR count). The monoisotopic (exact) mass is 326 g/mol. The molecule has 2 aromatic carbocycles. The van der Waals surface area contributed by atoms with Crippen LogP contribution in [-0.2, 0) is 0 Å². The van der Waals surface area contributed by atoms with Crippen LogP contribution >= 0.6 is 15.5 Å². The Balaban J connectivity index is 1.95. The highest BCUT2D eigenvalue weighted by molar-refractivity contribution is 7.62. The molecule has 0 saturated carbocycles. The Morgan fingerprint density at radius 2 is 1.27 bits per heavy atom. The molecule has 22 heavy (non-hydrogen) atoms. The summed E-state index contributed by atoms with van der Waals surface area (Å²) >= 11 is 0. The fourth-order valence-electron chi connectivity index (χ4n) is 2.44. The normalized spacial score (nSPS) is 19.0. The lowest BCUT2D eigenvalue weighted by Gasteiger charge is -2.11. The van der Waals surface area contributed by atoms with E-state index in [4.69, 9.17) is 0 Å². The maximum atomic E-state index is 12.7. The third-order valence-electron chi connectivity index (χ3n) is 3.58. The van der Waals surface area contributed by atoms with Crippen LogP contribution in [0.1, 0.15) is 12.8 Å². The minimum Gasteiger partial charge on any atom is -0.626 e. The predicted octanol–water partition coefficient (Wildman–Crippen LogP) is 1.85. The number of allylic oxidation sites excluding steroid dienone is 2. The zero-order chi connectivity index (χ0) is 15.4. The van der Waals surface area contributed by atoms with Crippen LogP contribution in [-0.4, -0.2) is 10.6 Å². The maximum Gasteiger partial charge on any atom is 0.145 e. The van der Waals surface area contributed by atoms with Gasteiger partial charge in [-0.25, -0.2) is 0 Å². The predicted molar refractivity (Wildman–Crippen MR) is 94.4 cm³/mol. The maximum absolute atomic E-state index is 12.7. The van der Waals surface area contributed by atoms with Crippen LogP contribution in [0, 0.1) is 0 Å². The molecule has 0 radical (unpaired) electrons. The third-order valence-corrected chi connectivity index (χ3v) is 6.86. The Labute approximate surface area is 132 Å². The van der Waals surface area contributed by atoms with Crippen molar-refractivity contribution in [2.45, 2.75) is 12.8 Å². The second-order valence-electron chi connectivity index (χ2n) is 5.10. The summed E-state index contributed by atoms with van der Waals surface area (Å²) in [7, 11) is -3.13. The van der Waals surface area contributed by atoms with Crippen molar-refractivity contribution < 1.29 is 9.79 Å². The van der Waals surface area contributed by atoms with Gasteiger partial charge in [0.1, 0.15) is 21.2 Å². The first kappa shape index (κ1) is 15.3. The first-order valence-corrected chi connectivity index (χ1v) is 9.69. The zero-order valence-electron chi connectivity index (χ0n) is 12.1. The molecule has 0 aromatic heterocycles. The summed E-state index contributed by atoms with van der Waals surface area (Å²) < 4.78 is 0. The molecule has 4 heteroatoms. The van der Waals surface area contributed by atoms with Gasteiger partial charge in [0.05, 0.1) is 22.0 Å². The van der Waals surface area contributed by atoms with Crippen molar-refractivity contribution in [2.75, 3.05) is 0 Å². The summed E-state index contributed by atoms with van der Waals surface area (Å²) in [6.45, 7) is 0. The van der Waals surface area contributed by atoms with Crippen molar-refractivity contribution in [3.05, 3.63) is 72.8 Å². The van der Waals surface area contributed by atoms with Crippen molar-refractivity contribution >= 4 is 36.7 Å². The molecule has 1 aliphatic rings. The Hall–Kier alpha value is -1.56. The molecular weight excluding hydrogens is 310 g/mol. The van der Waals surface area contributed by atoms with Crippen molar-refractivity contribution in [1.29, 1.82) is 0 Å². The van der Waals surface area contributed by atoms with E-state index in [1.807, 2.05) is 72.8 Å². The quantitative estimate of drug-likeness (QED) is 0.791. The first-order chi connectivity index (χ1) is 10.8. The average Bonchev–Trinajstić information content (AvgIpc) is 2.62. The smallest absolute Gasteiger partial charge is 0.145 e. The topological polar surface area (TPSA) is 46.1 Å². The van der Waals surface area contributed by atoms with Gasteiger partial charge < -0.3 is 9.79 Å². The van der Waals surface area contributed by atoms with Crippen molar-refractivity contribution in [3.63, 3.8) is 0 Å². The Bertz CT molecular complexity index is 747. The Morgan fingerprint density at radius 3 is 1.86 bits per heavy atom. The molecule has 0 aliphatic heterocycles. The molecule has 0 heterocycles. The van der Waals surface area contributed by atoms with Crippen molar-refractivity contribution in [3.8, 4) is 0 Å². The number of benzene rings is 2. The summed E-state index contributed by atoms with van der Waals surface area (Å²) in [6.07, 6.45) is 5.17. The molecule has 2 nitrogen and oxygen atoms in total. The van der Waals surface area contributed by atoms with Crippen LogP contribution in [0.15, 0.2) is 72.8 Å². The lowest BCUT2D eigenvalue weighted by molar-refractivity contribution is -0.150. The van der Waals surface area contributed by atoms with Gasteiger partial charge >= 0.3 is 0 Å². The highest BCUT2D eigenvalue weighted by atomic mass is 31.1. The highest BCUT2D eigenvalue weighted by Crippen LogP contribution is 2.26. The molecule has 110 valence electrons. The van der Waals surface area contributed by atoms with E-state index < -0.39 is 15.5 Å². The summed E-state index contributed by atoms with van der Waals surface area (Å²) in [5.41, 5.74) is 0. The van der Waals surface area contributed by atoms with E-state index in [1.165, 1.54) is 0 Å². The van der Waals surface area contributed by atoms with E-state index in [1.54, 1.807) is 0 Å². The average molecular weight is 326 g/mol. The molecular formula is C18H16O2P2. The molecule has 0 bridgehead atoms. The molecule has 0 N–H and O–H groups in total. The molecule has 0 saturated heterocycles. The van der Waals surface area contributed by atoms with E-state index in [9.17, 15) is 9.79 Å². The van der Waals surface area contributed by atoms with Crippen LogP contribution in [0.2, 0.25) is 0 Å². The number of rotatable bonds is 2. The van der Waals surface area contributed by atoms with E-state index in [0.29, 0.717) is 12.8 Å². The second kappa shape index (κ2) is 7.13. The van der Waals surface area contributed by atoms with Crippen LogP contribution in [0.25, 0.3) is 0 Å². The molecule has 2 atom stereocenters. The largest absolute Gasteiger partial charge is 0.626 e. The van der Waals surface area contributed by atoms with Crippen molar-refractivity contribution in [1.82, 2.24) is 0 Å². The number of hydrogen-bond acceptors (Lipinski definition) is 2. The van der Waals surface area contributed by atoms with Gasteiger partial charge in [0.15, 0.2) is 0 Å². The minimum absolute atomic E-state index is 0.560. The molecule has 0 spiro atoms. The highest BCUT2D eigenvalue weighted by Gasteiger charge is 2.21. The fourth-order valence-corrected chi connectivity index (χ4v) is 5.31. The van der Waals surface area contributed by atoms with E-state index in [0.717, 1.165) is 21.2 Å². The van der Waals surface area contributed by atoms with Gasteiger partial charge in [-0.3, -0.25) is 0 Å². The van der Waals surface area contributed by atoms with E-state index in [-0.39, 0.29) is 0 Å².